The molecule has 0 spiro atoms. The van der Waals surface area contributed by atoms with Crippen LogP contribution in [0.4, 0.5) is 34.0 Å². The molecule has 7 heterocycles. The average molecular weight is 1030 g/mol. The number of benzene rings is 2. The predicted octanol–water partition coefficient (Wildman–Crippen LogP) is 10.2. The Kier molecular flexibility index (Phi) is 14.0. The van der Waals surface area contributed by atoms with Crippen molar-refractivity contribution in [2.75, 3.05) is 63.9 Å². The van der Waals surface area contributed by atoms with Crippen LogP contribution < -0.4 is 28.7 Å². The fraction of sp³-hybridized carbons (Fsp3) is 0.545. The van der Waals surface area contributed by atoms with Crippen molar-refractivity contribution in [2.45, 2.75) is 135 Å². The molecule has 5 aromatic rings. The topological polar surface area (TPSA) is 137 Å². The van der Waals surface area contributed by atoms with Gasteiger partial charge in [0.1, 0.15) is 51.4 Å². The third kappa shape index (κ3) is 10.6. The lowest BCUT2D eigenvalue weighted by Gasteiger charge is -2.48. The van der Waals surface area contributed by atoms with Gasteiger partial charge < -0.3 is 43.1 Å². The molecule has 4 fully saturated rings. The van der Waals surface area contributed by atoms with Crippen LogP contribution >= 0.6 is 0 Å². The van der Waals surface area contributed by atoms with Gasteiger partial charge in [-0.05, 0) is 128 Å². The summed E-state index contributed by atoms with van der Waals surface area (Å²) in [6.07, 6.45) is 0.326. The zero-order valence-electron chi connectivity index (χ0n) is 43.4. The number of aryl methyl sites for hydroxylation is 1. The van der Waals surface area contributed by atoms with Crippen molar-refractivity contribution in [3.8, 4) is 34.6 Å². The molecule has 5 aliphatic rings. The van der Waals surface area contributed by atoms with E-state index in [0.717, 1.165) is 62.9 Å². The monoisotopic (exact) mass is 1030 g/mol. The molecule has 396 valence electrons. The lowest BCUT2D eigenvalue weighted by Crippen LogP contribution is -2.65. The summed E-state index contributed by atoms with van der Waals surface area (Å²) in [5, 5.41) is 0.103. The van der Waals surface area contributed by atoms with Crippen LogP contribution in [-0.2, 0) is 28.7 Å². The van der Waals surface area contributed by atoms with Crippen LogP contribution in [0.2, 0.25) is 0 Å². The van der Waals surface area contributed by atoms with Gasteiger partial charge in [0.05, 0.1) is 56.3 Å². The maximum atomic E-state index is 18.2. The number of piperazine rings is 1. The second-order valence-electron chi connectivity index (χ2n) is 21.8. The Balaban J connectivity index is 1.09. The first kappa shape index (κ1) is 51.3. The summed E-state index contributed by atoms with van der Waals surface area (Å²) in [7, 11) is 5.21. The summed E-state index contributed by atoms with van der Waals surface area (Å²) in [6.45, 7) is 11.8. The Bertz CT molecular complexity index is 2810. The molecule has 1 amide bonds. The third-order valence-corrected chi connectivity index (χ3v) is 15.0. The van der Waals surface area contributed by atoms with Crippen LogP contribution in [0.1, 0.15) is 95.0 Å². The number of hydrogen-bond donors (Lipinski definition) is 0. The molecule has 19 heteroatoms. The second kappa shape index (κ2) is 20.1. The van der Waals surface area contributed by atoms with Gasteiger partial charge in [-0.3, -0.25) is 4.90 Å². The number of amides is 1. The Morgan fingerprint density at radius 2 is 1.58 bits per heavy atom. The largest absolute Gasteiger partial charge is 0.497 e. The molecule has 10 rings (SSSR count). The van der Waals surface area contributed by atoms with Crippen LogP contribution in [0.25, 0.3) is 22.2 Å². The van der Waals surface area contributed by atoms with Crippen LogP contribution in [0.15, 0.2) is 54.6 Å². The second-order valence-corrected chi connectivity index (χ2v) is 21.8. The SMILES string of the molecule is COc1ccc(CN(Cc2ccc(OC)cc2)c2cc(-c3nc4c5c(nc(OCC6(CN(C)CC7CCCCO7)CC6)nc5c3F)N3C[C@H]5CC[C@@H]([C@H]3[C@H](C)O4)N5C(=O)OC(C)(C)C)c(C(F)(F)F)c(C)n2)cc1. The quantitative estimate of drug-likeness (QED) is 0.0920. The number of nitrogens with zero attached hydrogens (tertiary/aromatic N) is 8. The fourth-order valence-electron chi connectivity index (χ4n) is 11.4. The molecule has 1 saturated carbocycles. The van der Waals surface area contributed by atoms with Crippen molar-refractivity contribution in [1.82, 2.24) is 29.7 Å². The summed E-state index contributed by atoms with van der Waals surface area (Å²) >= 11 is 0. The summed E-state index contributed by atoms with van der Waals surface area (Å²) < 4.78 is 101. The van der Waals surface area contributed by atoms with Crippen molar-refractivity contribution < 1.29 is 50.8 Å². The Labute approximate surface area is 429 Å². The van der Waals surface area contributed by atoms with E-state index in [-0.39, 0.29) is 77.4 Å². The minimum Gasteiger partial charge on any atom is -0.497 e. The highest BCUT2D eigenvalue weighted by molar-refractivity contribution is 5.98. The molecule has 2 bridgehead atoms. The number of anilines is 2. The van der Waals surface area contributed by atoms with Crippen molar-refractivity contribution >= 4 is 28.6 Å². The Hall–Kier alpha value is -6.21. The standard InChI is InChI=1S/C55H66F4N8O7/c1-32-44(55(57,58)59)40(25-42(60-32)65(26-34-12-17-37(69-7)18-13-34)27-35-14-19-38(70-8)20-15-35)46-45(56)47-43-49(63-51(62-47)72-31-54(22-23-54)30-64(6)29-39-11-9-10-24-71-39)66-28-36-16-21-41(48(66)33(2)73-50(43)61-46)67(36)52(68)74-53(3,4)5/h12-15,17-20,25,33,36,39,41,48H,9-11,16,21-24,26-31H2,1-8H3/t33-,36+,39?,41-,48+/m0/s1. The number of likely N-dealkylation sites (N-methyl/N-ethyl adjacent to an activating group) is 1. The molecular weight excluding hydrogens is 961 g/mol. The molecule has 1 aliphatic carbocycles. The number of alkyl halides is 3. The summed E-state index contributed by atoms with van der Waals surface area (Å²) in [6, 6.07) is 14.6. The Morgan fingerprint density at radius 1 is 0.905 bits per heavy atom. The van der Waals surface area contributed by atoms with Gasteiger partial charge in [0.15, 0.2) is 5.82 Å². The number of aromatic nitrogens is 4. The van der Waals surface area contributed by atoms with Gasteiger partial charge in [0, 0.05) is 50.3 Å². The third-order valence-electron chi connectivity index (χ3n) is 15.0. The first-order chi connectivity index (χ1) is 35.3. The van der Waals surface area contributed by atoms with Gasteiger partial charge >= 0.3 is 18.3 Å². The Morgan fingerprint density at radius 3 is 2.18 bits per heavy atom. The van der Waals surface area contributed by atoms with Crippen LogP contribution in [0, 0.1) is 18.2 Å². The maximum absolute atomic E-state index is 18.2. The van der Waals surface area contributed by atoms with Crippen LogP contribution in [0.5, 0.6) is 23.4 Å². The van der Waals surface area contributed by atoms with E-state index in [4.69, 9.17) is 43.4 Å². The molecule has 4 aliphatic heterocycles. The van der Waals surface area contributed by atoms with E-state index in [2.05, 4.69) is 16.9 Å². The van der Waals surface area contributed by atoms with Crippen molar-refractivity contribution in [2.24, 2.45) is 5.41 Å². The first-order valence-electron chi connectivity index (χ1n) is 25.7. The highest BCUT2D eigenvalue weighted by atomic mass is 19.4. The molecular formula is C55H66F4N8O7. The molecule has 2 aromatic carbocycles. The number of pyridine rings is 2. The van der Waals surface area contributed by atoms with Crippen LogP contribution in [-0.4, -0.2) is 126 Å². The molecule has 3 aromatic heterocycles. The number of methoxy groups -OCH3 is 2. The van der Waals surface area contributed by atoms with Gasteiger partial charge in [-0.2, -0.15) is 23.1 Å². The normalized spacial score (nSPS) is 22.0. The first-order valence-corrected chi connectivity index (χ1v) is 25.7. The number of rotatable bonds is 15. The summed E-state index contributed by atoms with van der Waals surface area (Å²) in [5.41, 5.74) is -2.30. The van der Waals surface area contributed by atoms with E-state index in [0.29, 0.717) is 30.9 Å². The van der Waals surface area contributed by atoms with E-state index in [1.165, 1.54) is 13.0 Å². The number of carbonyl (C=O) groups excluding carboxylic acids is 1. The van der Waals surface area contributed by atoms with Crippen LogP contribution in [0.3, 0.4) is 0 Å². The minimum atomic E-state index is -4.99. The predicted molar refractivity (Wildman–Crippen MR) is 270 cm³/mol. The molecule has 15 nitrogen and oxygen atoms in total. The molecule has 1 unspecified atom stereocenters. The highest BCUT2D eigenvalue weighted by Crippen LogP contribution is 2.50. The zero-order chi connectivity index (χ0) is 52.3. The summed E-state index contributed by atoms with van der Waals surface area (Å²) in [5.74, 6) is 0.463. The number of ether oxygens (including phenoxy) is 6. The summed E-state index contributed by atoms with van der Waals surface area (Å²) in [4.78, 5) is 40.9. The van der Waals surface area contributed by atoms with Crippen molar-refractivity contribution in [3.63, 3.8) is 0 Å². The molecule has 74 heavy (non-hydrogen) atoms. The fourth-order valence-corrected chi connectivity index (χ4v) is 11.4. The van der Waals surface area contributed by atoms with Gasteiger partial charge in [-0.25, -0.2) is 19.2 Å². The smallest absolute Gasteiger partial charge is 0.418 e. The van der Waals surface area contributed by atoms with E-state index in [1.807, 2.05) is 61.8 Å². The number of hydrogen-bond acceptors (Lipinski definition) is 14. The van der Waals surface area contributed by atoms with Gasteiger partial charge in [0.2, 0.25) is 5.88 Å². The van der Waals surface area contributed by atoms with E-state index in [1.54, 1.807) is 43.4 Å². The van der Waals surface area contributed by atoms with Gasteiger partial charge in [0.25, 0.3) is 0 Å². The number of carbonyl (C=O) groups is 1. The zero-order valence-corrected chi connectivity index (χ0v) is 43.4. The number of fused-ring (bicyclic) bond motifs is 5. The lowest BCUT2D eigenvalue weighted by atomic mass is 9.98. The molecule has 3 saturated heterocycles. The van der Waals surface area contributed by atoms with E-state index < -0.39 is 58.7 Å². The van der Waals surface area contributed by atoms with E-state index >= 15 is 17.6 Å². The minimum absolute atomic E-state index is 0.103. The van der Waals surface area contributed by atoms with Crippen molar-refractivity contribution in [3.05, 3.63) is 82.8 Å². The highest BCUT2D eigenvalue weighted by Gasteiger charge is 2.54. The number of halogens is 4. The van der Waals surface area contributed by atoms with E-state index in [9.17, 15) is 4.79 Å². The van der Waals surface area contributed by atoms with Gasteiger partial charge in [-0.1, -0.05) is 24.3 Å². The van der Waals surface area contributed by atoms with Gasteiger partial charge in [-0.15, -0.1) is 0 Å². The lowest BCUT2D eigenvalue weighted by molar-refractivity contribution is -0.137. The van der Waals surface area contributed by atoms with Crippen molar-refractivity contribution in [1.29, 1.82) is 0 Å². The molecule has 0 radical (unpaired) electrons. The average Bonchev–Trinajstić information content (AvgIpc) is 4.08. The molecule has 0 N–H and O–H groups in total. The maximum Gasteiger partial charge on any atom is 0.418 e. The molecule has 5 atom stereocenters.